The minimum Gasteiger partial charge on any atom is -0.478 e. The van der Waals surface area contributed by atoms with Gasteiger partial charge in [-0.1, -0.05) is 43.3 Å². The van der Waals surface area contributed by atoms with Crippen LogP contribution < -0.4 is 5.73 Å². The number of aromatic carboxylic acids is 1. The summed E-state index contributed by atoms with van der Waals surface area (Å²) in [4.78, 5) is 12.1. The van der Waals surface area contributed by atoms with E-state index in [-0.39, 0.29) is 30.3 Å². The molecule has 172 valence electrons. The van der Waals surface area contributed by atoms with Crippen molar-refractivity contribution in [2.45, 2.75) is 36.9 Å². The summed E-state index contributed by atoms with van der Waals surface area (Å²) in [5, 5.41) is 18.5. The summed E-state index contributed by atoms with van der Waals surface area (Å²) in [7, 11) is 0. The molecule has 4 rings (SSSR count). The molecule has 1 unspecified atom stereocenters. The standard InChI is InChI=1S/C26H27NO5S/c1-16-23(15-33-22-11-9-19(10-12-22)25(29)30)31-26(20-3-2-4-21(27)13-20)32-24(16)18-7-5-17(14-28)6-8-18/h2-13,16,23-24,26,28H,14-15,27H2,1H3,(H,29,30)/t16-,23+,24+,26?/m0/s1. The Bertz CT molecular complexity index is 1090. The first-order chi connectivity index (χ1) is 15.9. The zero-order valence-electron chi connectivity index (χ0n) is 18.3. The number of nitrogens with two attached hydrogens (primary N) is 1. The van der Waals surface area contributed by atoms with E-state index in [1.54, 1.807) is 23.9 Å². The maximum Gasteiger partial charge on any atom is 0.335 e. The Hall–Kier alpha value is -2.84. The Morgan fingerprint density at radius 1 is 1.00 bits per heavy atom. The Morgan fingerprint density at radius 2 is 1.73 bits per heavy atom. The highest BCUT2D eigenvalue weighted by molar-refractivity contribution is 7.99. The van der Waals surface area contributed by atoms with Crippen LogP contribution in [0.2, 0.25) is 0 Å². The summed E-state index contributed by atoms with van der Waals surface area (Å²) in [5.74, 6) is -0.192. The molecular formula is C26H27NO5S. The molecule has 0 radical (unpaired) electrons. The van der Waals surface area contributed by atoms with Gasteiger partial charge in [0.1, 0.15) is 0 Å². The maximum atomic E-state index is 11.1. The quantitative estimate of drug-likeness (QED) is 0.332. The molecule has 0 aliphatic carbocycles. The molecule has 1 aliphatic heterocycles. The van der Waals surface area contributed by atoms with Crippen molar-refractivity contribution in [1.82, 2.24) is 0 Å². The fraction of sp³-hybridized carbons (Fsp3) is 0.269. The van der Waals surface area contributed by atoms with E-state index < -0.39 is 12.3 Å². The number of hydrogen-bond acceptors (Lipinski definition) is 6. The summed E-state index contributed by atoms with van der Waals surface area (Å²) < 4.78 is 12.8. The number of rotatable bonds is 7. The summed E-state index contributed by atoms with van der Waals surface area (Å²) >= 11 is 1.62. The van der Waals surface area contributed by atoms with E-state index in [1.807, 2.05) is 60.7 Å². The normalized spacial score (nSPS) is 22.7. The van der Waals surface area contributed by atoms with Gasteiger partial charge in [-0.15, -0.1) is 11.8 Å². The third-order valence-corrected chi connectivity index (χ3v) is 6.92. The fourth-order valence-electron chi connectivity index (χ4n) is 3.89. The number of nitrogen functional groups attached to an aromatic ring is 1. The van der Waals surface area contributed by atoms with Crippen molar-refractivity contribution in [2.24, 2.45) is 5.92 Å². The molecule has 0 aromatic heterocycles. The highest BCUT2D eigenvalue weighted by atomic mass is 32.2. The van der Waals surface area contributed by atoms with E-state index in [9.17, 15) is 9.90 Å². The summed E-state index contributed by atoms with van der Waals surface area (Å²) in [6, 6.07) is 22.2. The molecule has 0 bridgehead atoms. The fourth-order valence-corrected chi connectivity index (χ4v) is 4.95. The molecule has 3 aromatic rings. The number of aliphatic hydroxyl groups excluding tert-OH is 1. The molecule has 33 heavy (non-hydrogen) atoms. The van der Waals surface area contributed by atoms with Crippen molar-refractivity contribution < 1.29 is 24.5 Å². The predicted molar refractivity (Wildman–Crippen MR) is 128 cm³/mol. The number of carboxylic acid groups (broad SMARTS) is 1. The minimum absolute atomic E-state index is 0.00365. The van der Waals surface area contributed by atoms with Crippen LogP contribution in [0.3, 0.4) is 0 Å². The van der Waals surface area contributed by atoms with Crippen LogP contribution in [0.4, 0.5) is 5.69 Å². The van der Waals surface area contributed by atoms with E-state index in [0.29, 0.717) is 11.4 Å². The predicted octanol–water partition coefficient (Wildman–Crippen LogP) is 5.04. The van der Waals surface area contributed by atoms with Gasteiger partial charge in [-0.25, -0.2) is 4.79 Å². The summed E-state index contributed by atoms with van der Waals surface area (Å²) in [6.07, 6.45) is -0.873. The number of benzene rings is 3. The van der Waals surface area contributed by atoms with Crippen molar-refractivity contribution in [2.75, 3.05) is 11.5 Å². The average molecular weight is 466 g/mol. The minimum atomic E-state index is -0.937. The van der Waals surface area contributed by atoms with Gasteiger partial charge in [0.05, 0.1) is 24.4 Å². The van der Waals surface area contributed by atoms with Crippen molar-refractivity contribution >= 4 is 23.4 Å². The van der Waals surface area contributed by atoms with Gasteiger partial charge in [0.15, 0.2) is 6.29 Å². The molecule has 0 saturated carbocycles. The number of ether oxygens (including phenoxy) is 2. The van der Waals surface area contributed by atoms with Gasteiger partial charge in [-0.05, 0) is 47.5 Å². The van der Waals surface area contributed by atoms with Gasteiger partial charge in [-0.3, -0.25) is 0 Å². The smallest absolute Gasteiger partial charge is 0.335 e. The van der Waals surface area contributed by atoms with Crippen LogP contribution >= 0.6 is 11.8 Å². The van der Waals surface area contributed by atoms with Crippen LogP contribution in [0.5, 0.6) is 0 Å². The van der Waals surface area contributed by atoms with Crippen molar-refractivity contribution in [1.29, 1.82) is 0 Å². The largest absolute Gasteiger partial charge is 0.478 e. The number of aliphatic hydroxyl groups is 1. The molecular weight excluding hydrogens is 438 g/mol. The Morgan fingerprint density at radius 3 is 2.36 bits per heavy atom. The SMILES string of the molecule is C[C@H]1[C@@H](CSc2ccc(C(=O)O)cc2)OC(c2cccc(N)c2)O[C@H]1c1ccc(CO)cc1. The topological polar surface area (TPSA) is 102 Å². The second-order valence-corrected chi connectivity index (χ2v) is 9.23. The zero-order chi connectivity index (χ0) is 23.4. The molecule has 1 saturated heterocycles. The number of thioether (sulfide) groups is 1. The second-order valence-electron chi connectivity index (χ2n) is 8.13. The van der Waals surface area contributed by atoms with Gasteiger partial charge in [-0.2, -0.15) is 0 Å². The first kappa shape index (κ1) is 23.3. The molecule has 3 aromatic carbocycles. The molecule has 1 aliphatic rings. The van der Waals surface area contributed by atoms with E-state index in [0.717, 1.165) is 21.6 Å². The van der Waals surface area contributed by atoms with Gasteiger partial charge in [0.25, 0.3) is 0 Å². The molecule has 1 heterocycles. The lowest BCUT2D eigenvalue weighted by Crippen LogP contribution is -2.38. The second kappa shape index (κ2) is 10.4. The number of hydrogen-bond donors (Lipinski definition) is 3. The third kappa shape index (κ3) is 5.57. The monoisotopic (exact) mass is 465 g/mol. The Balaban J connectivity index is 1.56. The summed E-state index contributed by atoms with van der Waals surface area (Å²) in [5.41, 5.74) is 9.64. The first-order valence-corrected chi connectivity index (χ1v) is 11.8. The highest BCUT2D eigenvalue weighted by Crippen LogP contribution is 2.43. The summed E-state index contributed by atoms with van der Waals surface area (Å²) in [6.45, 7) is 2.11. The molecule has 4 atom stereocenters. The molecule has 7 heteroatoms. The van der Waals surface area contributed by atoms with Gasteiger partial charge in [0.2, 0.25) is 0 Å². The van der Waals surface area contributed by atoms with Crippen LogP contribution in [0, 0.1) is 5.92 Å². The van der Waals surface area contributed by atoms with Gasteiger partial charge >= 0.3 is 5.97 Å². The van der Waals surface area contributed by atoms with E-state index in [2.05, 4.69) is 6.92 Å². The number of carbonyl (C=O) groups is 1. The van der Waals surface area contributed by atoms with E-state index in [1.165, 1.54) is 0 Å². The lowest BCUT2D eigenvalue weighted by Gasteiger charge is -2.41. The lowest BCUT2D eigenvalue weighted by atomic mass is 9.91. The van der Waals surface area contributed by atoms with Crippen molar-refractivity contribution in [3.63, 3.8) is 0 Å². The van der Waals surface area contributed by atoms with Crippen LogP contribution in [0.1, 0.15) is 46.4 Å². The molecule has 0 amide bonds. The van der Waals surface area contributed by atoms with E-state index in [4.69, 9.17) is 20.3 Å². The van der Waals surface area contributed by atoms with Crippen molar-refractivity contribution in [3.05, 3.63) is 95.1 Å². The van der Waals surface area contributed by atoms with Gasteiger partial charge < -0.3 is 25.4 Å². The lowest BCUT2D eigenvalue weighted by molar-refractivity contribution is -0.268. The van der Waals surface area contributed by atoms with Crippen LogP contribution in [-0.4, -0.2) is 28.0 Å². The number of carboxylic acids is 1. The van der Waals surface area contributed by atoms with Crippen LogP contribution in [0.15, 0.2) is 77.7 Å². The molecule has 6 nitrogen and oxygen atoms in total. The highest BCUT2D eigenvalue weighted by Gasteiger charge is 2.38. The number of anilines is 1. The average Bonchev–Trinajstić information content (AvgIpc) is 2.83. The van der Waals surface area contributed by atoms with Gasteiger partial charge in [0, 0.05) is 27.8 Å². The maximum absolute atomic E-state index is 11.1. The Kier molecular flexibility index (Phi) is 7.35. The first-order valence-electron chi connectivity index (χ1n) is 10.8. The van der Waals surface area contributed by atoms with Crippen molar-refractivity contribution in [3.8, 4) is 0 Å². The molecule has 4 N–H and O–H groups in total. The van der Waals surface area contributed by atoms with Crippen LogP contribution in [0.25, 0.3) is 0 Å². The molecule has 1 fully saturated rings. The zero-order valence-corrected chi connectivity index (χ0v) is 19.1. The molecule has 0 spiro atoms. The van der Waals surface area contributed by atoms with Crippen LogP contribution in [-0.2, 0) is 16.1 Å². The van der Waals surface area contributed by atoms with E-state index >= 15 is 0 Å². The Labute approximate surface area is 197 Å². The third-order valence-electron chi connectivity index (χ3n) is 5.82.